The second-order valence-electron chi connectivity index (χ2n) is 33.1. The quantitative estimate of drug-likeness (QED) is 0.00372. The molecule has 6 rings (SSSR count). The summed E-state index contributed by atoms with van der Waals surface area (Å²) in [6.45, 7) is 3.10. The molecule has 18 amide bonds. The highest BCUT2D eigenvalue weighted by Gasteiger charge is 2.45. The molecule has 0 saturated carbocycles. The van der Waals surface area contributed by atoms with Gasteiger partial charge in [-0.15, -0.1) is 0 Å². The Morgan fingerprint density at radius 2 is 1.01 bits per heavy atom. The minimum absolute atomic E-state index is 0.0112. The van der Waals surface area contributed by atoms with Gasteiger partial charge in [0.1, 0.15) is 72.5 Å². The van der Waals surface area contributed by atoms with E-state index in [-0.39, 0.29) is 102 Å². The fraction of sp³-hybridized carbons (Fsp3) is 0.512. The third-order valence-corrected chi connectivity index (χ3v) is 22.0. The highest BCUT2D eigenvalue weighted by Crippen LogP contribution is 2.28. The van der Waals surface area contributed by atoms with Crippen LogP contribution in [0.15, 0.2) is 78.2 Å². The average molecular weight is 1960 g/mol. The van der Waals surface area contributed by atoms with Gasteiger partial charge in [-0.25, -0.2) is 31.7 Å². The molecule has 744 valence electrons. The lowest BCUT2D eigenvalue weighted by molar-refractivity contribution is -0.148. The van der Waals surface area contributed by atoms with Gasteiger partial charge in [-0.2, -0.15) is 25.3 Å². The minimum Gasteiger partial charge on any atom is -0.480 e. The maximum Gasteiger partial charge on any atom is 0.326 e. The van der Waals surface area contributed by atoms with Crippen molar-refractivity contribution in [3.63, 3.8) is 0 Å². The highest BCUT2D eigenvalue weighted by molar-refractivity contribution is 7.81. The van der Waals surface area contributed by atoms with E-state index in [1.807, 2.05) is 0 Å². The van der Waals surface area contributed by atoms with Gasteiger partial charge in [0, 0.05) is 79.7 Å². The molecule has 0 bridgehead atoms. The number of H-pyrrole nitrogens is 1. The van der Waals surface area contributed by atoms with Crippen LogP contribution in [0, 0.1) is 35.0 Å². The number of thiol groups is 2. The molecule has 27 N–H and O–H groups in total. The van der Waals surface area contributed by atoms with E-state index in [1.54, 1.807) is 74.5 Å². The molecule has 2 fully saturated rings. The second kappa shape index (κ2) is 53.4. The predicted molar refractivity (Wildman–Crippen MR) is 479 cm³/mol. The van der Waals surface area contributed by atoms with Crippen LogP contribution in [0.25, 0.3) is 0 Å². The summed E-state index contributed by atoms with van der Waals surface area (Å²) >= 11 is 8.69. The lowest BCUT2D eigenvalue weighted by Crippen LogP contribution is -2.64. The van der Waals surface area contributed by atoms with Crippen molar-refractivity contribution in [2.75, 3.05) is 51.6 Å². The van der Waals surface area contributed by atoms with Gasteiger partial charge in [0.25, 0.3) is 0 Å². The van der Waals surface area contributed by atoms with Crippen molar-refractivity contribution in [3.05, 3.63) is 125 Å². The first-order valence-electron chi connectivity index (χ1n) is 43.0. The second-order valence-corrected chi connectivity index (χ2v) is 34.6. The summed E-state index contributed by atoms with van der Waals surface area (Å²) in [6, 6.07) is -5.10. The van der Waals surface area contributed by atoms with E-state index in [0.717, 1.165) is 16.7 Å². The number of halogens is 5. The van der Waals surface area contributed by atoms with Crippen molar-refractivity contribution >= 4 is 144 Å². The maximum atomic E-state index is 15.6. The zero-order valence-electron chi connectivity index (χ0n) is 74.8. The van der Waals surface area contributed by atoms with Crippen LogP contribution in [-0.4, -0.2) is 289 Å². The number of carbonyl (C=O) groups excluding carboxylic acids is 18. The molecule has 2 aliphatic heterocycles. The molecule has 136 heavy (non-hydrogen) atoms. The number of benzene rings is 3. The van der Waals surface area contributed by atoms with Gasteiger partial charge in [0.05, 0.1) is 51.1 Å². The van der Waals surface area contributed by atoms with Crippen LogP contribution in [0.4, 0.5) is 22.0 Å². The number of nitrogens with zero attached hydrogens (tertiary/aromatic N) is 4. The molecular formula is C84H115F5N24O21S2. The number of aromatic amines is 1. The highest BCUT2D eigenvalue weighted by atomic mass is 32.1. The third kappa shape index (κ3) is 35.0. The van der Waals surface area contributed by atoms with Crippen molar-refractivity contribution in [3.8, 4) is 0 Å². The Hall–Kier alpha value is -13.7. The van der Waals surface area contributed by atoms with Crippen LogP contribution in [0.1, 0.15) is 121 Å². The number of carboxylic acids is 1. The molecule has 2 saturated heterocycles. The number of nitrogens with one attached hydrogen (secondary N) is 15. The summed E-state index contributed by atoms with van der Waals surface area (Å²) in [6.07, 6.45) is -2.92. The van der Waals surface area contributed by atoms with Crippen LogP contribution in [0.2, 0.25) is 0 Å². The number of carbonyl (C=O) groups is 19. The molecule has 45 nitrogen and oxygen atoms in total. The number of hydrogen-bond acceptors (Lipinski definition) is 25. The molecule has 52 heteroatoms. The summed E-state index contributed by atoms with van der Waals surface area (Å²) in [4.78, 5) is 271. The maximum absolute atomic E-state index is 15.6. The average Bonchev–Trinajstić information content (AvgIpc) is 0.844. The van der Waals surface area contributed by atoms with Crippen molar-refractivity contribution in [2.24, 2.45) is 39.6 Å². The zero-order valence-corrected chi connectivity index (χ0v) is 76.5. The number of hydrogen-bond donors (Lipinski definition) is 24. The Balaban J connectivity index is 1.12. The van der Waals surface area contributed by atoms with Crippen LogP contribution in [0.5, 0.6) is 0 Å². The SMILES string of the molecule is CC(C)C[C@H](NC(=O)CNC(=O)CNC(=O)[C@H](Cc1ccccc1)NC(=O)[C@H](Cc1cnc[nH]1)NC(=O)CNC(=O)[C@@H](NC(=O)[C@@H](NC(=O)[C@H](Cc1ccccc1)NC(=O)[C@H](CCCN=C(N)N)NC(=O)[C@@H](N)CCC(N)=O)C(C)(C)S)[C@@H](C)O)C(=O)N[C@@H](Cc1c(F)c(F)c(F)c(F)c1F)C(=O)N1CCC[C@H]1C(=O)N[C@@H](CS)C(=O)N[C@@H](CC(N)=O)C(=O)NCC(=O)N1CCC[C@H]1C(=O)O. The molecule has 1 aromatic heterocycles. The molecule has 0 radical (unpaired) electrons. The standard InChI is InChI=1S/C84H115F5N24O21S2/c1-40(2)27-48(74(125)108-53(31-45-63(85)65(87)67(89)66(88)64(45)86)81(132)113-26-13-20-55(113)78(129)109-54(38-135)77(128)107-52(32-58(92)116)72(123)100-37-62(120)112-25-14-21-56(112)82(133)134)102-60(118)35-97-59(117)34-98-71(122)49(28-42-15-8-6-9-16-42)105-75(126)51(30-44-33-95-39-101-44)103-61(119)36-99-79(130)68(41(3)114)110-80(131)69(84(4,5)136)111-76(127)50(29-43-17-10-7-11-18-43)106-73(124)47(19-12-24-96-83(93)94)104-70(121)46(90)22-23-57(91)115/h6-11,15-18,33,39-41,46-56,68-69,114,135-136H,12-14,19-32,34-38,90H2,1-5H3,(H2,91,115)(H2,92,116)(H,95,101)(H,97,117)(H,98,122)(H,99,130)(H,100,123)(H,102,118)(H,103,119)(H,104,121)(H,105,126)(H,106,124)(H,107,128)(H,108,125)(H,109,129)(H,110,131)(H,111,127)(H,133,134)(H4,93,94,96)/t41-,46+,47+,48+,49+,50+,51+,52+,53+,54+,55+,56+,68+,69-/m1/s1. The third-order valence-electron chi connectivity index (χ3n) is 21.3. The molecule has 3 aromatic carbocycles. The molecule has 4 aromatic rings. The summed E-state index contributed by atoms with van der Waals surface area (Å²) in [5, 5.41) is 53.7. The minimum atomic E-state index is -2.59. The summed E-state index contributed by atoms with van der Waals surface area (Å²) in [7, 11) is 0. The largest absolute Gasteiger partial charge is 0.480 e. The number of aliphatic carboxylic acids is 1. The number of rotatable bonds is 53. The number of aromatic nitrogens is 2. The van der Waals surface area contributed by atoms with Gasteiger partial charge in [0.15, 0.2) is 29.2 Å². The number of likely N-dealkylation sites (tertiary alicyclic amines) is 2. The smallest absolute Gasteiger partial charge is 0.326 e. The number of nitrogens with two attached hydrogens (primary N) is 5. The van der Waals surface area contributed by atoms with Crippen molar-refractivity contribution in [1.29, 1.82) is 0 Å². The first kappa shape index (κ1) is 111. The first-order chi connectivity index (χ1) is 64.1. The topological polar surface area (TPSA) is 711 Å². The molecule has 3 heterocycles. The lowest BCUT2D eigenvalue weighted by atomic mass is 9.99. The first-order valence-corrected chi connectivity index (χ1v) is 44.1. The summed E-state index contributed by atoms with van der Waals surface area (Å²) < 4.78 is 73.8. The number of amides is 18. The number of aliphatic hydroxyl groups is 1. The molecule has 0 unspecified atom stereocenters. The van der Waals surface area contributed by atoms with E-state index in [4.69, 9.17) is 28.7 Å². The van der Waals surface area contributed by atoms with Gasteiger partial charge in [0.2, 0.25) is 112 Å². The molecular weight excluding hydrogens is 1840 g/mol. The number of imidazole rings is 1. The van der Waals surface area contributed by atoms with E-state index in [9.17, 15) is 114 Å². The van der Waals surface area contributed by atoms with Gasteiger partial charge >= 0.3 is 5.97 Å². The Bertz CT molecular complexity index is 4960. The monoisotopic (exact) mass is 1950 g/mol. The Morgan fingerprint density at radius 3 is 1.55 bits per heavy atom. The van der Waals surface area contributed by atoms with Gasteiger partial charge < -0.3 is 128 Å². The van der Waals surface area contributed by atoms with Crippen LogP contribution in [0.3, 0.4) is 0 Å². The number of primary amides is 2. The van der Waals surface area contributed by atoms with E-state index in [2.05, 4.69) is 115 Å². The Morgan fingerprint density at radius 1 is 0.522 bits per heavy atom. The van der Waals surface area contributed by atoms with Crippen LogP contribution < -0.4 is 103 Å². The van der Waals surface area contributed by atoms with E-state index in [1.165, 1.54) is 26.4 Å². The van der Waals surface area contributed by atoms with E-state index < -0.39 is 287 Å². The predicted octanol–water partition coefficient (Wildman–Crippen LogP) is -6.66. The molecule has 2 aliphatic rings. The van der Waals surface area contributed by atoms with Gasteiger partial charge in [-0.05, 0) is 89.2 Å². The lowest BCUT2D eigenvalue weighted by Gasteiger charge is -2.33. The van der Waals surface area contributed by atoms with Gasteiger partial charge in [-0.3, -0.25) is 91.3 Å². The van der Waals surface area contributed by atoms with Crippen molar-refractivity contribution in [2.45, 2.75) is 214 Å². The van der Waals surface area contributed by atoms with Gasteiger partial charge in [-0.1, -0.05) is 74.5 Å². The van der Waals surface area contributed by atoms with Crippen molar-refractivity contribution in [1.82, 2.24) is 94.2 Å². The summed E-state index contributed by atoms with van der Waals surface area (Å²) in [5.41, 5.74) is 27.2. The fourth-order valence-electron chi connectivity index (χ4n) is 14.3. The Kier molecular flexibility index (Phi) is 43.6. The number of carboxylic acid groups (broad SMARTS) is 1. The Labute approximate surface area is 787 Å². The van der Waals surface area contributed by atoms with Crippen molar-refractivity contribution < 1.29 is 123 Å². The van der Waals surface area contributed by atoms with E-state index >= 15 is 8.78 Å². The number of aliphatic imine (C=N–C) groups is 1. The fourth-order valence-corrected chi connectivity index (χ4v) is 14.7. The van der Waals surface area contributed by atoms with Crippen LogP contribution in [-0.2, 0) is 117 Å². The van der Waals surface area contributed by atoms with Crippen LogP contribution >= 0.6 is 25.3 Å². The zero-order chi connectivity index (χ0) is 101. The molecule has 0 spiro atoms. The van der Waals surface area contributed by atoms with E-state index in [0.29, 0.717) is 17.5 Å². The molecule has 0 aliphatic carbocycles. The normalized spacial score (nSPS) is 16.1. The number of guanidine groups is 1. The number of aliphatic hydroxyl groups excluding tert-OH is 1. The summed E-state index contributed by atoms with van der Waals surface area (Å²) in [5.74, 6) is -34.2. The molecule has 14 atom stereocenters.